The number of methoxy groups -OCH3 is 1. The minimum absolute atomic E-state index is 0.000357. The molecule has 0 aliphatic heterocycles. The molecule has 1 aromatic carbocycles. The zero-order valence-electron chi connectivity index (χ0n) is 23.7. The molecule has 2 aliphatic carbocycles. The van der Waals surface area contributed by atoms with Crippen molar-refractivity contribution in [2.24, 2.45) is 0 Å². The second-order valence-electron chi connectivity index (χ2n) is 11.3. The second-order valence-corrected chi connectivity index (χ2v) is 11.3. The molecule has 10 nitrogen and oxygen atoms in total. The van der Waals surface area contributed by atoms with Crippen molar-refractivity contribution in [3.63, 3.8) is 0 Å². The number of halogens is 2. The van der Waals surface area contributed by atoms with E-state index < -0.39 is 39.2 Å². The highest BCUT2D eigenvalue weighted by atomic mass is 19.1. The van der Waals surface area contributed by atoms with Gasteiger partial charge in [0.2, 0.25) is 5.75 Å². The third kappa shape index (κ3) is 4.98. The Hall–Kier alpha value is -4.48. The van der Waals surface area contributed by atoms with Crippen molar-refractivity contribution < 1.29 is 23.5 Å². The van der Waals surface area contributed by atoms with Crippen molar-refractivity contribution in [3.8, 4) is 28.4 Å². The van der Waals surface area contributed by atoms with E-state index in [-0.39, 0.29) is 39.9 Å². The number of ether oxygens (including phenoxy) is 1. The zero-order valence-corrected chi connectivity index (χ0v) is 23.7. The van der Waals surface area contributed by atoms with Crippen LogP contribution in [0.15, 0.2) is 35.4 Å². The lowest BCUT2D eigenvalue weighted by Gasteiger charge is -2.28. The predicted octanol–water partition coefficient (Wildman–Crippen LogP) is 6.84. The van der Waals surface area contributed by atoms with Crippen molar-refractivity contribution in [1.82, 2.24) is 19.5 Å². The van der Waals surface area contributed by atoms with E-state index in [2.05, 4.69) is 15.0 Å². The SMILES string of the molecule is COc1cccc(F)c1-c1nc2c(cc1F)c(O)c([N+](=O)[O-])c(=O)n2-c1c(C2CCCCC2)ncnc1C1CCCCC1. The van der Waals surface area contributed by atoms with Crippen LogP contribution in [0.2, 0.25) is 0 Å². The van der Waals surface area contributed by atoms with Crippen LogP contribution in [0.25, 0.3) is 28.0 Å². The normalized spacial score (nSPS) is 16.4. The highest BCUT2D eigenvalue weighted by molar-refractivity contribution is 5.90. The molecule has 2 fully saturated rings. The number of nitro groups is 1. The summed E-state index contributed by atoms with van der Waals surface area (Å²) < 4.78 is 37.2. The number of hydrogen-bond donors (Lipinski definition) is 1. The van der Waals surface area contributed by atoms with Crippen LogP contribution in [0.4, 0.5) is 14.5 Å². The molecule has 0 spiro atoms. The maximum Gasteiger partial charge on any atom is 0.376 e. The monoisotopic (exact) mass is 591 g/mol. The van der Waals surface area contributed by atoms with Gasteiger partial charge in [0.25, 0.3) is 0 Å². The van der Waals surface area contributed by atoms with E-state index in [0.717, 1.165) is 80.9 Å². The van der Waals surface area contributed by atoms with Crippen molar-refractivity contribution in [2.75, 3.05) is 7.11 Å². The Bertz CT molecular complexity index is 1750. The number of aromatic hydroxyl groups is 1. The maximum atomic E-state index is 15.7. The van der Waals surface area contributed by atoms with Crippen molar-refractivity contribution in [1.29, 1.82) is 0 Å². The van der Waals surface area contributed by atoms with E-state index >= 15 is 8.78 Å². The molecule has 0 saturated heterocycles. The third-order valence-corrected chi connectivity index (χ3v) is 8.75. The van der Waals surface area contributed by atoms with Gasteiger partial charge in [-0.25, -0.2) is 23.7 Å². The van der Waals surface area contributed by atoms with Crippen LogP contribution < -0.4 is 10.3 Å². The van der Waals surface area contributed by atoms with Crippen LogP contribution in [0.1, 0.15) is 87.4 Å². The second kappa shape index (κ2) is 11.7. The highest BCUT2D eigenvalue weighted by Gasteiger charge is 2.34. The summed E-state index contributed by atoms with van der Waals surface area (Å²) in [4.78, 5) is 39.0. The van der Waals surface area contributed by atoms with E-state index in [0.29, 0.717) is 11.4 Å². The van der Waals surface area contributed by atoms with Crippen LogP contribution >= 0.6 is 0 Å². The maximum absolute atomic E-state index is 15.7. The summed E-state index contributed by atoms with van der Waals surface area (Å²) in [6.07, 6.45) is 10.7. The zero-order chi connectivity index (χ0) is 30.2. The van der Waals surface area contributed by atoms with Gasteiger partial charge < -0.3 is 9.84 Å². The molecule has 0 radical (unpaired) electrons. The van der Waals surface area contributed by atoms with Crippen LogP contribution in [-0.2, 0) is 0 Å². The molecule has 6 rings (SSSR count). The first-order chi connectivity index (χ1) is 20.8. The minimum atomic E-state index is -1.15. The van der Waals surface area contributed by atoms with Gasteiger partial charge in [-0.15, -0.1) is 0 Å². The van der Waals surface area contributed by atoms with Gasteiger partial charge in [-0.3, -0.25) is 19.5 Å². The molecule has 0 bridgehead atoms. The molecule has 12 heteroatoms. The Morgan fingerprint density at radius 1 is 0.977 bits per heavy atom. The third-order valence-electron chi connectivity index (χ3n) is 8.75. The van der Waals surface area contributed by atoms with Crippen molar-refractivity contribution >= 4 is 16.7 Å². The average Bonchev–Trinajstić information content (AvgIpc) is 3.02. The van der Waals surface area contributed by atoms with Gasteiger partial charge >= 0.3 is 11.2 Å². The van der Waals surface area contributed by atoms with Gasteiger partial charge in [-0.2, -0.15) is 0 Å². The fraction of sp³-hybridized carbons (Fsp3) is 0.419. The lowest BCUT2D eigenvalue weighted by molar-refractivity contribution is -0.387. The predicted molar refractivity (Wildman–Crippen MR) is 155 cm³/mol. The number of pyridine rings is 2. The van der Waals surface area contributed by atoms with E-state index in [9.17, 15) is 20.0 Å². The van der Waals surface area contributed by atoms with Gasteiger partial charge in [0.1, 0.15) is 23.6 Å². The lowest BCUT2D eigenvalue weighted by atomic mass is 9.82. The topological polar surface area (TPSA) is 133 Å². The van der Waals surface area contributed by atoms with E-state index in [1.807, 2.05) is 0 Å². The van der Waals surface area contributed by atoms with E-state index in [1.54, 1.807) is 0 Å². The molecule has 1 N–H and O–H groups in total. The van der Waals surface area contributed by atoms with Gasteiger partial charge in [-0.05, 0) is 43.9 Å². The van der Waals surface area contributed by atoms with Gasteiger partial charge in [-0.1, -0.05) is 44.6 Å². The summed E-state index contributed by atoms with van der Waals surface area (Å²) in [5.41, 5.74) is -1.87. The Morgan fingerprint density at radius 3 is 2.14 bits per heavy atom. The van der Waals surface area contributed by atoms with Crippen LogP contribution in [-0.4, -0.2) is 36.7 Å². The first-order valence-corrected chi connectivity index (χ1v) is 14.6. The number of benzene rings is 1. The average molecular weight is 592 g/mol. The summed E-state index contributed by atoms with van der Waals surface area (Å²) in [7, 11) is 1.30. The molecule has 0 unspecified atom stereocenters. The van der Waals surface area contributed by atoms with Crippen LogP contribution in [0, 0.1) is 21.7 Å². The quantitative estimate of drug-likeness (QED) is 0.190. The number of fused-ring (bicyclic) bond motifs is 1. The Balaban J connectivity index is 1.76. The molecular weight excluding hydrogens is 560 g/mol. The van der Waals surface area contributed by atoms with Crippen molar-refractivity contribution in [3.05, 3.63) is 74.1 Å². The van der Waals surface area contributed by atoms with Gasteiger partial charge in [0.15, 0.2) is 11.5 Å². The molecule has 3 aromatic heterocycles. The first-order valence-electron chi connectivity index (χ1n) is 14.6. The number of aromatic nitrogens is 4. The summed E-state index contributed by atoms with van der Waals surface area (Å²) >= 11 is 0. The Morgan fingerprint density at radius 2 is 1.58 bits per heavy atom. The summed E-state index contributed by atoms with van der Waals surface area (Å²) in [5.74, 6) is -2.99. The fourth-order valence-electron chi connectivity index (χ4n) is 6.69. The Kier molecular flexibility index (Phi) is 7.76. The minimum Gasteiger partial charge on any atom is -0.501 e. The highest BCUT2D eigenvalue weighted by Crippen LogP contribution is 2.43. The Labute approximate surface area is 245 Å². The standard InChI is InChI=1S/C31H31F2N5O5/c1-43-22-14-8-13-20(32)23(22)26-21(33)15-19-29(39)28(38(41)42)31(40)37(30(19)36-26)27-24(17-9-4-2-5-10-17)34-16-35-25(27)18-11-6-3-7-12-18/h8,13-18,39H,2-7,9-12H2,1H3. The molecule has 43 heavy (non-hydrogen) atoms. The smallest absolute Gasteiger partial charge is 0.376 e. The van der Waals surface area contributed by atoms with E-state index in [1.165, 1.54) is 25.6 Å². The molecule has 0 amide bonds. The summed E-state index contributed by atoms with van der Waals surface area (Å²) in [6.45, 7) is 0. The molecule has 4 aromatic rings. The van der Waals surface area contributed by atoms with Gasteiger partial charge in [0.05, 0.1) is 40.1 Å². The van der Waals surface area contributed by atoms with Crippen LogP contribution in [0.5, 0.6) is 11.5 Å². The molecule has 0 atom stereocenters. The number of hydrogen-bond acceptors (Lipinski definition) is 8. The fourth-order valence-corrected chi connectivity index (χ4v) is 6.69. The molecule has 224 valence electrons. The molecular formula is C31H31F2N5O5. The molecule has 2 saturated carbocycles. The number of rotatable bonds is 6. The van der Waals surface area contributed by atoms with Gasteiger partial charge in [0, 0.05) is 11.8 Å². The largest absolute Gasteiger partial charge is 0.501 e. The summed E-state index contributed by atoms with van der Waals surface area (Å²) in [5, 5.41) is 22.8. The van der Waals surface area contributed by atoms with Crippen LogP contribution in [0.3, 0.4) is 0 Å². The number of nitrogens with zero attached hydrogens (tertiary/aromatic N) is 5. The summed E-state index contributed by atoms with van der Waals surface area (Å²) in [6, 6.07) is 4.80. The van der Waals surface area contributed by atoms with E-state index in [4.69, 9.17) is 4.74 Å². The molecule has 3 heterocycles. The van der Waals surface area contributed by atoms with Crippen molar-refractivity contribution in [2.45, 2.75) is 76.0 Å². The molecule has 2 aliphatic rings. The first kappa shape index (κ1) is 28.6. The lowest BCUT2D eigenvalue weighted by Crippen LogP contribution is -2.27.